The van der Waals surface area contributed by atoms with Crippen molar-refractivity contribution in [3.05, 3.63) is 11.3 Å². The van der Waals surface area contributed by atoms with Crippen molar-refractivity contribution >= 4 is 11.6 Å². The van der Waals surface area contributed by atoms with E-state index in [1.54, 1.807) is 6.20 Å². The molecule has 2 rings (SSSR count). The Morgan fingerprint density at radius 3 is 2.46 bits per heavy atom. The normalized spacial score (nSPS) is 20.1. The van der Waals surface area contributed by atoms with Gasteiger partial charge in [0.15, 0.2) is 0 Å². The predicted octanol–water partition coefficient (Wildman–Crippen LogP) is 2.83. The van der Waals surface area contributed by atoms with Crippen LogP contribution >= 0.6 is 11.6 Å². The van der Waals surface area contributed by atoms with Gasteiger partial charge in [0, 0.05) is 0 Å². The zero-order valence-corrected chi connectivity index (χ0v) is 8.37. The largest absolute Gasteiger partial charge is 0.231 e. The Hall–Kier alpha value is -0.570. The van der Waals surface area contributed by atoms with E-state index in [2.05, 4.69) is 10.3 Å². The summed E-state index contributed by atoms with van der Waals surface area (Å²) in [5.41, 5.74) is 0. The molecule has 0 unspecified atom stereocenters. The summed E-state index contributed by atoms with van der Waals surface area (Å²) in [4.78, 5) is 0. The molecule has 1 aromatic heterocycles. The van der Waals surface area contributed by atoms with Crippen molar-refractivity contribution in [1.82, 2.24) is 15.0 Å². The fourth-order valence-electron chi connectivity index (χ4n) is 1.98. The van der Waals surface area contributed by atoms with Crippen molar-refractivity contribution in [1.29, 1.82) is 0 Å². The van der Waals surface area contributed by atoms with Gasteiger partial charge in [0.25, 0.3) is 0 Å². The Bertz CT molecular complexity index is 264. The molecule has 72 valence electrons. The van der Waals surface area contributed by atoms with Crippen LogP contribution in [0.25, 0.3) is 0 Å². The van der Waals surface area contributed by atoms with Gasteiger partial charge in [-0.2, -0.15) is 0 Å². The number of halogens is 1. The molecule has 1 aliphatic carbocycles. The Labute approximate surface area is 83.1 Å². The highest BCUT2D eigenvalue weighted by Crippen LogP contribution is 2.28. The Balaban J connectivity index is 2.10. The van der Waals surface area contributed by atoms with Crippen LogP contribution in [0.5, 0.6) is 0 Å². The van der Waals surface area contributed by atoms with Crippen molar-refractivity contribution in [3.8, 4) is 0 Å². The SMILES string of the molecule is Clc1cnnn1C1CCCCCC1. The third-order valence-electron chi connectivity index (χ3n) is 2.70. The molecule has 0 amide bonds. The van der Waals surface area contributed by atoms with Gasteiger partial charge in [-0.3, -0.25) is 0 Å². The van der Waals surface area contributed by atoms with Gasteiger partial charge in [-0.05, 0) is 12.8 Å². The highest BCUT2D eigenvalue weighted by molar-refractivity contribution is 6.29. The van der Waals surface area contributed by atoms with E-state index < -0.39 is 0 Å². The van der Waals surface area contributed by atoms with Crippen molar-refractivity contribution in [2.75, 3.05) is 0 Å². The molecule has 0 aromatic carbocycles. The van der Waals surface area contributed by atoms with E-state index in [1.807, 2.05) is 4.68 Å². The second-order valence-corrected chi connectivity index (χ2v) is 4.03. The predicted molar refractivity (Wildman–Crippen MR) is 51.8 cm³/mol. The van der Waals surface area contributed by atoms with Crippen LogP contribution in [0.4, 0.5) is 0 Å². The van der Waals surface area contributed by atoms with Crippen LogP contribution < -0.4 is 0 Å². The molecular weight excluding hydrogens is 186 g/mol. The molecule has 4 heteroatoms. The van der Waals surface area contributed by atoms with E-state index in [4.69, 9.17) is 11.6 Å². The van der Waals surface area contributed by atoms with Crippen molar-refractivity contribution in [3.63, 3.8) is 0 Å². The van der Waals surface area contributed by atoms with Crippen LogP contribution in [0.1, 0.15) is 44.6 Å². The molecule has 1 heterocycles. The van der Waals surface area contributed by atoms with Crippen LogP contribution in [0.15, 0.2) is 6.20 Å². The van der Waals surface area contributed by atoms with Crippen molar-refractivity contribution in [2.24, 2.45) is 0 Å². The third-order valence-corrected chi connectivity index (χ3v) is 2.97. The lowest BCUT2D eigenvalue weighted by molar-refractivity contribution is 0.397. The van der Waals surface area contributed by atoms with Crippen molar-refractivity contribution in [2.45, 2.75) is 44.6 Å². The molecule has 1 aromatic rings. The summed E-state index contributed by atoms with van der Waals surface area (Å²) < 4.78 is 1.87. The smallest absolute Gasteiger partial charge is 0.147 e. The van der Waals surface area contributed by atoms with Gasteiger partial charge in [-0.1, -0.05) is 42.5 Å². The number of aromatic nitrogens is 3. The second kappa shape index (κ2) is 4.09. The summed E-state index contributed by atoms with van der Waals surface area (Å²) >= 11 is 5.96. The van der Waals surface area contributed by atoms with E-state index >= 15 is 0 Å². The quantitative estimate of drug-likeness (QED) is 0.652. The molecule has 0 aliphatic heterocycles. The lowest BCUT2D eigenvalue weighted by atomic mass is 10.1. The maximum absolute atomic E-state index is 5.96. The van der Waals surface area contributed by atoms with Crippen LogP contribution in [-0.2, 0) is 0 Å². The first-order valence-electron chi connectivity index (χ1n) is 4.93. The second-order valence-electron chi connectivity index (χ2n) is 3.65. The number of nitrogens with zero attached hydrogens (tertiary/aromatic N) is 3. The average molecular weight is 200 g/mol. The Kier molecular flexibility index (Phi) is 2.83. The fourth-order valence-corrected chi connectivity index (χ4v) is 2.20. The lowest BCUT2D eigenvalue weighted by Gasteiger charge is -2.14. The van der Waals surface area contributed by atoms with E-state index in [0.29, 0.717) is 11.2 Å². The summed E-state index contributed by atoms with van der Waals surface area (Å²) in [5.74, 6) is 0. The first kappa shape index (κ1) is 9.00. The molecule has 0 spiro atoms. The standard InChI is InChI=1S/C9H14ClN3/c10-9-7-11-12-13(9)8-5-3-1-2-4-6-8/h7-8H,1-6H2. The van der Waals surface area contributed by atoms with E-state index in [-0.39, 0.29) is 0 Å². The molecule has 0 N–H and O–H groups in total. The van der Waals surface area contributed by atoms with E-state index in [9.17, 15) is 0 Å². The minimum Gasteiger partial charge on any atom is -0.231 e. The van der Waals surface area contributed by atoms with Gasteiger partial charge < -0.3 is 0 Å². The van der Waals surface area contributed by atoms with Crippen LogP contribution in [0.2, 0.25) is 5.15 Å². The van der Waals surface area contributed by atoms with Gasteiger partial charge in [-0.15, -0.1) is 5.10 Å². The molecule has 0 saturated heterocycles. The highest BCUT2D eigenvalue weighted by Gasteiger charge is 2.16. The zero-order valence-electron chi connectivity index (χ0n) is 7.62. The molecule has 0 atom stereocenters. The highest BCUT2D eigenvalue weighted by atomic mass is 35.5. The maximum Gasteiger partial charge on any atom is 0.147 e. The third kappa shape index (κ3) is 2.02. The molecule has 3 nitrogen and oxygen atoms in total. The molecular formula is C9H14ClN3. The van der Waals surface area contributed by atoms with Crippen molar-refractivity contribution < 1.29 is 0 Å². The van der Waals surface area contributed by atoms with Crippen LogP contribution in [0.3, 0.4) is 0 Å². The molecule has 1 saturated carbocycles. The zero-order chi connectivity index (χ0) is 9.10. The van der Waals surface area contributed by atoms with Gasteiger partial charge in [-0.25, -0.2) is 4.68 Å². The van der Waals surface area contributed by atoms with Gasteiger partial charge in [0.2, 0.25) is 0 Å². The van der Waals surface area contributed by atoms with Gasteiger partial charge >= 0.3 is 0 Å². The summed E-state index contributed by atoms with van der Waals surface area (Å²) in [6.45, 7) is 0. The first-order valence-corrected chi connectivity index (χ1v) is 5.31. The summed E-state index contributed by atoms with van der Waals surface area (Å²) in [6, 6.07) is 0.484. The molecule has 0 radical (unpaired) electrons. The number of hydrogen-bond donors (Lipinski definition) is 0. The summed E-state index contributed by atoms with van der Waals surface area (Å²) in [5, 5.41) is 8.50. The summed E-state index contributed by atoms with van der Waals surface area (Å²) in [6.07, 6.45) is 9.30. The average Bonchev–Trinajstić information content (AvgIpc) is 2.43. The Morgan fingerprint density at radius 1 is 1.23 bits per heavy atom. The van der Waals surface area contributed by atoms with E-state index in [1.165, 1.54) is 38.5 Å². The summed E-state index contributed by atoms with van der Waals surface area (Å²) in [7, 11) is 0. The molecule has 1 aliphatic rings. The number of hydrogen-bond acceptors (Lipinski definition) is 2. The van der Waals surface area contributed by atoms with Gasteiger partial charge in [0.05, 0.1) is 12.2 Å². The minimum absolute atomic E-state index is 0.484. The Morgan fingerprint density at radius 2 is 1.92 bits per heavy atom. The molecule has 1 fully saturated rings. The molecule has 13 heavy (non-hydrogen) atoms. The van der Waals surface area contributed by atoms with E-state index in [0.717, 1.165) is 0 Å². The van der Waals surface area contributed by atoms with Crippen LogP contribution in [0, 0.1) is 0 Å². The van der Waals surface area contributed by atoms with Crippen LogP contribution in [-0.4, -0.2) is 15.0 Å². The lowest BCUT2D eigenvalue weighted by Crippen LogP contribution is -2.09. The fraction of sp³-hybridized carbons (Fsp3) is 0.778. The first-order chi connectivity index (χ1) is 6.38. The monoisotopic (exact) mass is 199 g/mol. The molecule has 0 bridgehead atoms. The van der Waals surface area contributed by atoms with Gasteiger partial charge in [0.1, 0.15) is 5.15 Å². The number of rotatable bonds is 1. The maximum atomic E-state index is 5.96. The minimum atomic E-state index is 0.484. The topological polar surface area (TPSA) is 30.7 Å².